The zero-order valence-corrected chi connectivity index (χ0v) is 10.6. The molecule has 0 bridgehead atoms. The third-order valence-corrected chi connectivity index (χ3v) is 2.84. The Balaban J connectivity index is 2.40. The molecule has 0 atom stereocenters. The molecule has 0 aliphatic heterocycles. The fraction of sp³-hybridized carbons (Fsp3) is 0.286. The van der Waals surface area contributed by atoms with E-state index in [4.69, 9.17) is 10.00 Å². The molecule has 0 fully saturated rings. The van der Waals surface area contributed by atoms with Crippen molar-refractivity contribution >= 4 is 0 Å². The van der Waals surface area contributed by atoms with Gasteiger partial charge in [0.2, 0.25) is 0 Å². The van der Waals surface area contributed by atoms with Crippen LogP contribution in [-0.4, -0.2) is 16.9 Å². The minimum absolute atomic E-state index is 0.346. The fourth-order valence-corrected chi connectivity index (χ4v) is 1.87. The van der Waals surface area contributed by atoms with E-state index in [0.717, 1.165) is 29.0 Å². The lowest BCUT2D eigenvalue weighted by atomic mass is 10.0. The van der Waals surface area contributed by atoms with Crippen molar-refractivity contribution in [2.75, 3.05) is 7.11 Å². The molecule has 0 spiro atoms. The van der Waals surface area contributed by atoms with E-state index >= 15 is 0 Å². The Kier molecular flexibility index (Phi) is 3.63. The van der Waals surface area contributed by atoms with Crippen LogP contribution in [0.3, 0.4) is 0 Å². The summed E-state index contributed by atoms with van der Waals surface area (Å²) in [6, 6.07) is 8.02. The zero-order chi connectivity index (χ0) is 13.0. The molecule has 1 aromatic carbocycles. The summed E-state index contributed by atoms with van der Waals surface area (Å²) in [5, 5.41) is 13.1. The lowest BCUT2D eigenvalue weighted by Crippen LogP contribution is -1.92. The SMILES string of the molecule is CCn1cc(-c2ccc(OC)c(CC#N)c2)cn1. The molecule has 4 heteroatoms. The highest BCUT2D eigenvalue weighted by Crippen LogP contribution is 2.26. The van der Waals surface area contributed by atoms with Gasteiger partial charge in [0.05, 0.1) is 25.8 Å². The van der Waals surface area contributed by atoms with Gasteiger partial charge in [-0.3, -0.25) is 4.68 Å². The summed E-state index contributed by atoms with van der Waals surface area (Å²) < 4.78 is 7.12. The maximum Gasteiger partial charge on any atom is 0.123 e. The van der Waals surface area contributed by atoms with Crippen LogP contribution >= 0.6 is 0 Å². The van der Waals surface area contributed by atoms with Gasteiger partial charge >= 0.3 is 0 Å². The van der Waals surface area contributed by atoms with Gasteiger partial charge in [-0.25, -0.2) is 0 Å². The Bertz CT molecular complexity index is 581. The molecule has 0 saturated heterocycles. The van der Waals surface area contributed by atoms with Crippen LogP contribution in [-0.2, 0) is 13.0 Å². The van der Waals surface area contributed by atoms with Crippen molar-refractivity contribution in [2.24, 2.45) is 0 Å². The Morgan fingerprint density at radius 1 is 1.39 bits per heavy atom. The van der Waals surface area contributed by atoms with Gasteiger partial charge in [-0.2, -0.15) is 10.4 Å². The summed E-state index contributed by atoms with van der Waals surface area (Å²) in [4.78, 5) is 0. The van der Waals surface area contributed by atoms with E-state index in [9.17, 15) is 0 Å². The van der Waals surface area contributed by atoms with Crippen LogP contribution in [0.1, 0.15) is 12.5 Å². The number of nitriles is 1. The largest absolute Gasteiger partial charge is 0.496 e. The molecule has 1 heterocycles. The molecule has 0 aliphatic rings. The molecule has 18 heavy (non-hydrogen) atoms. The second-order valence-electron chi connectivity index (χ2n) is 3.95. The van der Waals surface area contributed by atoms with Gasteiger partial charge in [-0.15, -0.1) is 0 Å². The minimum Gasteiger partial charge on any atom is -0.496 e. The van der Waals surface area contributed by atoms with Crippen LogP contribution in [0.2, 0.25) is 0 Å². The molecule has 0 radical (unpaired) electrons. The Morgan fingerprint density at radius 2 is 2.22 bits per heavy atom. The molecule has 2 rings (SSSR count). The molecule has 0 N–H and O–H groups in total. The molecule has 0 saturated carbocycles. The highest BCUT2D eigenvalue weighted by molar-refractivity contribution is 5.64. The van der Waals surface area contributed by atoms with Gasteiger partial charge in [0, 0.05) is 23.9 Å². The Hall–Kier alpha value is -2.28. The van der Waals surface area contributed by atoms with Gasteiger partial charge < -0.3 is 4.74 Å². The number of hydrogen-bond donors (Lipinski definition) is 0. The fourth-order valence-electron chi connectivity index (χ4n) is 1.87. The normalized spacial score (nSPS) is 10.1. The number of aromatic nitrogens is 2. The second kappa shape index (κ2) is 5.37. The van der Waals surface area contributed by atoms with Gasteiger partial charge in [-0.1, -0.05) is 6.07 Å². The van der Waals surface area contributed by atoms with Crippen LogP contribution in [0.15, 0.2) is 30.6 Å². The quantitative estimate of drug-likeness (QED) is 0.826. The van der Waals surface area contributed by atoms with Crippen LogP contribution in [0.5, 0.6) is 5.75 Å². The van der Waals surface area contributed by atoms with Crippen molar-refractivity contribution in [3.05, 3.63) is 36.2 Å². The number of rotatable bonds is 4. The molecule has 0 aliphatic carbocycles. The summed E-state index contributed by atoms with van der Waals surface area (Å²) in [6.45, 7) is 2.90. The molecular weight excluding hydrogens is 226 g/mol. The number of hydrogen-bond acceptors (Lipinski definition) is 3. The maximum atomic E-state index is 8.82. The zero-order valence-electron chi connectivity index (χ0n) is 10.6. The first kappa shape index (κ1) is 12.2. The van der Waals surface area contributed by atoms with Crippen LogP contribution in [0.4, 0.5) is 0 Å². The van der Waals surface area contributed by atoms with Crippen molar-refractivity contribution in [3.63, 3.8) is 0 Å². The molecule has 1 aromatic heterocycles. The summed E-state index contributed by atoms with van der Waals surface area (Å²) >= 11 is 0. The first-order chi connectivity index (χ1) is 8.78. The molecule has 92 valence electrons. The minimum atomic E-state index is 0.346. The number of aryl methyl sites for hydroxylation is 1. The molecule has 4 nitrogen and oxygen atoms in total. The monoisotopic (exact) mass is 241 g/mol. The van der Waals surface area contributed by atoms with Gasteiger partial charge in [0.1, 0.15) is 5.75 Å². The second-order valence-corrected chi connectivity index (χ2v) is 3.95. The highest BCUT2D eigenvalue weighted by Gasteiger charge is 2.07. The molecule has 0 unspecified atom stereocenters. The number of nitrogens with zero attached hydrogens (tertiary/aromatic N) is 3. The van der Waals surface area contributed by atoms with Crippen molar-refractivity contribution in [2.45, 2.75) is 19.9 Å². The van der Waals surface area contributed by atoms with Crippen molar-refractivity contribution in [1.82, 2.24) is 9.78 Å². The van der Waals surface area contributed by atoms with E-state index in [1.807, 2.05) is 42.2 Å². The summed E-state index contributed by atoms with van der Waals surface area (Å²) in [5.41, 5.74) is 3.01. The van der Waals surface area contributed by atoms with Crippen molar-refractivity contribution in [1.29, 1.82) is 5.26 Å². The van der Waals surface area contributed by atoms with Crippen molar-refractivity contribution < 1.29 is 4.74 Å². The van der Waals surface area contributed by atoms with E-state index in [1.165, 1.54) is 0 Å². The Morgan fingerprint density at radius 3 is 2.83 bits per heavy atom. The first-order valence-corrected chi connectivity index (χ1v) is 5.85. The highest BCUT2D eigenvalue weighted by atomic mass is 16.5. The Labute approximate surface area is 106 Å². The number of ether oxygens (including phenoxy) is 1. The van der Waals surface area contributed by atoms with E-state index in [-0.39, 0.29) is 0 Å². The van der Waals surface area contributed by atoms with E-state index in [2.05, 4.69) is 11.2 Å². The maximum absolute atomic E-state index is 8.82. The van der Waals surface area contributed by atoms with Crippen LogP contribution in [0.25, 0.3) is 11.1 Å². The van der Waals surface area contributed by atoms with Gasteiger partial charge in [0.25, 0.3) is 0 Å². The summed E-state index contributed by atoms with van der Waals surface area (Å²) in [7, 11) is 1.62. The van der Waals surface area contributed by atoms with E-state index in [0.29, 0.717) is 6.42 Å². The third-order valence-electron chi connectivity index (χ3n) is 2.84. The average molecular weight is 241 g/mol. The summed E-state index contributed by atoms with van der Waals surface area (Å²) in [6.07, 6.45) is 4.18. The van der Waals surface area contributed by atoms with Gasteiger partial charge in [0.15, 0.2) is 0 Å². The molecule has 0 amide bonds. The predicted molar refractivity (Wildman–Crippen MR) is 69.2 cm³/mol. The van der Waals surface area contributed by atoms with E-state index < -0.39 is 0 Å². The molecular formula is C14H15N3O. The van der Waals surface area contributed by atoms with E-state index in [1.54, 1.807) is 7.11 Å². The lowest BCUT2D eigenvalue weighted by molar-refractivity contribution is 0.411. The third kappa shape index (κ3) is 2.35. The topological polar surface area (TPSA) is 50.8 Å². The lowest BCUT2D eigenvalue weighted by Gasteiger charge is -2.07. The number of benzene rings is 1. The summed E-state index contributed by atoms with van der Waals surface area (Å²) in [5.74, 6) is 0.753. The first-order valence-electron chi connectivity index (χ1n) is 5.85. The van der Waals surface area contributed by atoms with Gasteiger partial charge in [-0.05, 0) is 24.6 Å². The van der Waals surface area contributed by atoms with Crippen molar-refractivity contribution in [3.8, 4) is 22.9 Å². The smallest absolute Gasteiger partial charge is 0.123 e. The number of methoxy groups -OCH3 is 1. The predicted octanol–water partition coefficient (Wildman–Crippen LogP) is 2.64. The molecule has 2 aromatic rings. The van der Waals surface area contributed by atoms with Crippen LogP contribution < -0.4 is 4.74 Å². The van der Waals surface area contributed by atoms with Crippen LogP contribution in [0, 0.1) is 11.3 Å². The standard InChI is InChI=1S/C14H15N3O/c1-3-17-10-13(9-16-17)11-4-5-14(18-2)12(8-11)6-7-15/h4-5,8-10H,3,6H2,1-2H3. The average Bonchev–Trinajstić information content (AvgIpc) is 2.88.